The van der Waals surface area contributed by atoms with Crippen LogP contribution in [0, 0.1) is 11.3 Å². The molecule has 1 unspecified atom stereocenters. The van der Waals surface area contributed by atoms with E-state index in [1.165, 1.54) is 87.7 Å². The van der Waals surface area contributed by atoms with E-state index in [4.69, 9.17) is 13.8 Å². The van der Waals surface area contributed by atoms with E-state index in [1.54, 1.807) is 0 Å². The van der Waals surface area contributed by atoms with Crippen LogP contribution in [0.5, 0.6) is 5.75 Å². The molecule has 0 aromatic carbocycles. The molecule has 0 saturated heterocycles. The summed E-state index contributed by atoms with van der Waals surface area (Å²) >= 11 is 1.49. The molecule has 0 aliphatic heterocycles. The molecule has 2 aliphatic rings. The maximum Gasteiger partial charge on any atom is 0.306 e. The quantitative estimate of drug-likeness (QED) is 0.144. The minimum atomic E-state index is -0.0347. The van der Waals surface area contributed by atoms with E-state index in [0.29, 0.717) is 12.3 Å². The minimum absolute atomic E-state index is 0.0162. The van der Waals surface area contributed by atoms with Crippen molar-refractivity contribution in [2.75, 3.05) is 6.61 Å². The Morgan fingerprint density at radius 3 is 2.44 bits per heavy atom. The van der Waals surface area contributed by atoms with Crippen LogP contribution in [0.25, 0.3) is 5.57 Å². The van der Waals surface area contributed by atoms with Gasteiger partial charge in [0.2, 0.25) is 0 Å². The van der Waals surface area contributed by atoms with E-state index >= 15 is 0 Å². The zero-order chi connectivity index (χ0) is 25.6. The molecule has 0 amide bonds. The van der Waals surface area contributed by atoms with Crippen molar-refractivity contribution in [1.29, 1.82) is 0 Å². The first-order valence-corrected chi connectivity index (χ1v) is 15.9. The molecule has 1 heterocycles. The summed E-state index contributed by atoms with van der Waals surface area (Å²) in [5.41, 5.74) is 2.26. The van der Waals surface area contributed by atoms with Crippen molar-refractivity contribution in [3.8, 4) is 5.75 Å². The zero-order valence-electron chi connectivity index (χ0n) is 23.3. The number of ether oxygens (including phenoxy) is 2. The number of hydrogen-bond acceptors (Lipinski definition) is 5. The third-order valence-electron chi connectivity index (χ3n) is 8.30. The monoisotopic (exact) mass is 517 g/mol. The van der Waals surface area contributed by atoms with E-state index in [1.807, 2.05) is 5.38 Å². The summed E-state index contributed by atoms with van der Waals surface area (Å²) in [6.07, 6.45) is 22.9. The van der Waals surface area contributed by atoms with Crippen molar-refractivity contribution in [2.24, 2.45) is 11.3 Å². The van der Waals surface area contributed by atoms with Gasteiger partial charge in [-0.15, -0.1) is 0 Å². The molecule has 1 saturated carbocycles. The van der Waals surface area contributed by atoms with Crippen molar-refractivity contribution in [1.82, 2.24) is 4.37 Å². The molecule has 0 spiro atoms. The third-order valence-corrected chi connectivity index (χ3v) is 8.91. The van der Waals surface area contributed by atoms with E-state index < -0.39 is 0 Å². The Labute approximate surface area is 224 Å². The molecule has 3 rings (SSSR count). The molecule has 4 nitrogen and oxygen atoms in total. The molecular weight excluding hydrogens is 466 g/mol. The first kappa shape index (κ1) is 29.2. The highest BCUT2D eigenvalue weighted by molar-refractivity contribution is 7.04. The molecule has 1 fully saturated rings. The van der Waals surface area contributed by atoms with Crippen LogP contribution in [-0.4, -0.2) is 23.1 Å². The van der Waals surface area contributed by atoms with Gasteiger partial charge < -0.3 is 9.47 Å². The van der Waals surface area contributed by atoms with Gasteiger partial charge in [0, 0.05) is 11.8 Å². The van der Waals surface area contributed by atoms with Crippen LogP contribution >= 0.6 is 11.5 Å². The van der Waals surface area contributed by atoms with Gasteiger partial charge >= 0.3 is 5.97 Å². The molecule has 2 aliphatic carbocycles. The summed E-state index contributed by atoms with van der Waals surface area (Å²) in [7, 11) is 0. The van der Waals surface area contributed by atoms with Crippen molar-refractivity contribution < 1.29 is 14.3 Å². The number of rotatable bonds is 18. The van der Waals surface area contributed by atoms with Gasteiger partial charge in [-0.25, -0.2) is 0 Å². The van der Waals surface area contributed by atoms with Crippen LogP contribution in [0.4, 0.5) is 0 Å². The Bertz CT molecular complexity index is 799. The van der Waals surface area contributed by atoms with E-state index in [2.05, 4.69) is 26.8 Å². The van der Waals surface area contributed by atoms with Gasteiger partial charge in [-0.05, 0) is 68.0 Å². The largest absolute Gasteiger partial charge is 0.490 e. The zero-order valence-corrected chi connectivity index (χ0v) is 24.1. The molecule has 36 heavy (non-hydrogen) atoms. The summed E-state index contributed by atoms with van der Waals surface area (Å²) in [6, 6.07) is 0. The molecule has 1 aromatic rings. The van der Waals surface area contributed by atoms with Crippen molar-refractivity contribution >= 4 is 23.1 Å². The fourth-order valence-corrected chi connectivity index (χ4v) is 6.47. The second kappa shape index (κ2) is 15.8. The summed E-state index contributed by atoms with van der Waals surface area (Å²) in [4.78, 5) is 12.9. The number of allylic oxidation sites excluding steroid dienone is 2. The molecule has 0 N–H and O–H groups in total. The maximum atomic E-state index is 12.9. The Kier molecular flexibility index (Phi) is 12.8. The van der Waals surface area contributed by atoms with Gasteiger partial charge in [-0.1, -0.05) is 91.1 Å². The third kappa shape index (κ3) is 8.89. The summed E-state index contributed by atoms with van der Waals surface area (Å²) in [5.74, 6) is 1.46. The molecule has 204 valence electrons. The van der Waals surface area contributed by atoms with Crippen molar-refractivity contribution in [3.05, 3.63) is 17.2 Å². The number of esters is 1. The van der Waals surface area contributed by atoms with Gasteiger partial charge in [-0.3, -0.25) is 4.79 Å². The van der Waals surface area contributed by atoms with Gasteiger partial charge in [0.25, 0.3) is 0 Å². The van der Waals surface area contributed by atoms with Gasteiger partial charge in [0.1, 0.15) is 11.8 Å². The fourth-order valence-electron chi connectivity index (χ4n) is 5.83. The van der Waals surface area contributed by atoms with Crippen LogP contribution in [-0.2, 0) is 9.53 Å². The topological polar surface area (TPSA) is 48.4 Å². The first-order valence-electron chi connectivity index (χ1n) is 15.0. The first-order chi connectivity index (χ1) is 17.6. The Morgan fingerprint density at radius 2 is 1.75 bits per heavy atom. The van der Waals surface area contributed by atoms with E-state index in [-0.39, 0.29) is 17.5 Å². The molecule has 1 aromatic heterocycles. The van der Waals surface area contributed by atoms with Gasteiger partial charge in [0.05, 0.1) is 12.0 Å². The standard InChI is InChI=1S/C31H51NO3S/c1-4-6-8-10-11-12-13-20-28(33)35-30(25-17-15-18-25)31(3)21-16-19-26(23-31)29-27(24-36-32-29)34-22-14-9-7-5-2/h19,24-25,30H,4-18,20-23H2,1-3H3/t30-,31?/m1/s1. The highest BCUT2D eigenvalue weighted by Gasteiger charge is 2.45. The number of carbonyl (C=O) groups excluding carboxylic acids is 1. The van der Waals surface area contributed by atoms with Crippen LogP contribution in [0.2, 0.25) is 0 Å². The molecule has 2 atom stereocenters. The number of unbranched alkanes of at least 4 members (excludes halogenated alkanes) is 9. The van der Waals surface area contributed by atoms with Crippen molar-refractivity contribution in [3.63, 3.8) is 0 Å². The normalized spacial score (nSPS) is 21.0. The van der Waals surface area contributed by atoms with Crippen LogP contribution < -0.4 is 4.74 Å². The van der Waals surface area contributed by atoms with Crippen LogP contribution in [0.1, 0.15) is 142 Å². The lowest BCUT2D eigenvalue weighted by Gasteiger charge is -2.46. The Morgan fingerprint density at radius 1 is 1.06 bits per heavy atom. The number of nitrogens with zero attached hydrogens (tertiary/aromatic N) is 1. The predicted molar refractivity (Wildman–Crippen MR) is 152 cm³/mol. The second-order valence-electron chi connectivity index (χ2n) is 11.5. The molecule has 5 heteroatoms. The SMILES string of the molecule is CCCCCCCCCC(=O)O[C@H](C1CCC1)C1(C)CCC=C(c2nscc2OCCCCCC)C1. The average Bonchev–Trinajstić information content (AvgIpc) is 3.30. The lowest BCUT2D eigenvalue weighted by Crippen LogP contribution is -2.45. The molecular formula is C31H51NO3S. The summed E-state index contributed by atoms with van der Waals surface area (Å²) in [6.45, 7) is 7.59. The number of hydrogen-bond donors (Lipinski definition) is 0. The van der Waals surface area contributed by atoms with Crippen LogP contribution in [0.3, 0.4) is 0 Å². The Hall–Kier alpha value is -1.36. The minimum Gasteiger partial charge on any atom is -0.490 e. The summed E-state index contributed by atoms with van der Waals surface area (Å²) in [5, 5.41) is 2.05. The van der Waals surface area contributed by atoms with Crippen LogP contribution in [0.15, 0.2) is 11.5 Å². The molecule has 0 bridgehead atoms. The van der Waals surface area contributed by atoms with E-state index in [0.717, 1.165) is 56.6 Å². The lowest BCUT2D eigenvalue weighted by atomic mass is 9.63. The highest BCUT2D eigenvalue weighted by Crippen LogP contribution is 2.50. The van der Waals surface area contributed by atoms with Gasteiger partial charge in [0.15, 0.2) is 5.75 Å². The number of aromatic nitrogens is 1. The highest BCUT2D eigenvalue weighted by atomic mass is 32.1. The smallest absolute Gasteiger partial charge is 0.306 e. The van der Waals surface area contributed by atoms with Gasteiger partial charge in [-0.2, -0.15) is 4.37 Å². The summed E-state index contributed by atoms with van der Waals surface area (Å²) < 4.78 is 17.2. The Balaban J connectivity index is 1.55. The lowest BCUT2D eigenvalue weighted by molar-refractivity contribution is -0.164. The predicted octanol–water partition coefficient (Wildman–Crippen LogP) is 9.53. The van der Waals surface area contributed by atoms with E-state index in [9.17, 15) is 4.79 Å². The van der Waals surface area contributed by atoms with Crippen molar-refractivity contribution in [2.45, 2.75) is 142 Å². The fraction of sp³-hybridized carbons (Fsp3) is 0.806. The maximum absolute atomic E-state index is 12.9. The number of carbonyl (C=O) groups is 1. The molecule has 0 radical (unpaired) electrons. The second-order valence-corrected chi connectivity index (χ2v) is 12.1. The average molecular weight is 518 g/mol.